The van der Waals surface area contributed by atoms with Gasteiger partial charge in [0, 0.05) is 20.1 Å². The third-order valence-electron chi connectivity index (χ3n) is 2.80. The highest BCUT2D eigenvalue weighted by Crippen LogP contribution is 2.07. The van der Waals surface area contributed by atoms with Crippen LogP contribution in [0.2, 0.25) is 0 Å². The summed E-state index contributed by atoms with van der Waals surface area (Å²) in [6.45, 7) is 5.60. The summed E-state index contributed by atoms with van der Waals surface area (Å²) in [5.74, 6) is -0.117. The molecule has 0 unspecified atom stereocenters. The molecule has 0 spiro atoms. The summed E-state index contributed by atoms with van der Waals surface area (Å²) < 4.78 is 5.22. The van der Waals surface area contributed by atoms with Crippen LogP contribution in [0.5, 0.6) is 0 Å². The first-order valence-corrected chi connectivity index (χ1v) is 6.14. The molecule has 0 aromatic carbocycles. The average molecular weight is 242 g/mol. The standard InChI is InChI=1S/C12H22N2O3/c1-10(2)17-9-12(16)13(3)8-11(15)14-6-4-5-7-14/h10H,4-9H2,1-3H3. The van der Waals surface area contributed by atoms with Crippen molar-refractivity contribution >= 4 is 11.8 Å². The predicted molar refractivity (Wildman–Crippen MR) is 64.5 cm³/mol. The lowest BCUT2D eigenvalue weighted by atomic mass is 10.4. The highest BCUT2D eigenvalue weighted by atomic mass is 16.5. The fourth-order valence-corrected chi connectivity index (χ4v) is 1.71. The van der Waals surface area contributed by atoms with Crippen molar-refractivity contribution in [1.82, 2.24) is 9.80 Å². The van der Waals surface area contributed by atoms with Gasteiger partial charge in [0.05, 0.1) is 12.6 Å². The topological polar surface area (TPSA) is 49.9 Å². The highest BCUT2D eigenvalue weighted by Gasteiger charge is 2.21. The van der Waals surface area contributed by atoms with Crippen LogP contribution in [0.3, 0.4) is 0 Å². The van der Waals surface area contributed by atoms with Crippen molar-refractivity contribution in [2.75, 3.05) is 33.3 Å². The second-order valence-corrected chi connectivity index (χ2v) is 4.70. The molecule has 1 fully saturated rings. The Bertz CT molecular complexity index is 273. The molecule has 0 aromatic heterocycles. The van der Waals surface area contributed by atoms with Crippen molar-refractivity contribution < 1.29 is 14.3 Å². The van der Waals surface area contributed by atoms with Gasteiger partial charge in [-0.1, -0.05) is 0 Å². The fraction of sp³-hybridized carbons (Fsp3) is 0.833. The lowest BCUT2D eigenvalue weighted by Gasteiger charge is -2.21. The Hall–Kier alpha value is -1.10. The van der Waals surface area contributed by atoms with Gasteiger partial charge in [-0.05, 0) is 26.7 Å². The Labute approximate surface area is 103 Å². The normalized spacial score (nSPS) is 15.4. The molecule has 1 heterocycles. The van der Waals surface area contributed by atoms with Crippen molar-refractivity contribution in [3.05, 3.63) is 0 Å². The zero-order chi connectivity index (χ0) is 12.8. The lowest BCUT2D eigenvalue weighted by Crippen LogP contribution is -2.41. The van der Waals surface area contributed by atoms with Crippen LogP contribution in [-0.4, -0.2) is 61.0 Å². The van der Waals surface area contributed by atoms with Crippen molar-refractivity contribution in [2.24, 2.45) is 0 Å². The first-order chi connectivity index (χ1) is 8.00. The molecule has 0 radical (unpaired) electrons. The molecule has 1 aliphatic rings. The van der Waals surface area contributed by atoms with E-state index in [0.717, 1.165) is 25.9 Å². The molecular weight excluding hydrogens is 220 g/mol. The molecule has 17 heavy (non-hydrogen) atoms. The van der Waals surface area contributed by atoms with Gasteiger partial charge in [-0.3, -0.25) is 9.59 Å². The number of carbonyl (C=O) groups is 2. The van der Waals surface area contributed by atoms with Gasteiger partial charge < -0.3 is 14.5 Å². The maximum Gasteiger partial charge on any atom is 0.248 e. The second-order valence-electron chi connectivity index (χ2n) is 4.70. The van der Waals surface area contributed by atoms with E-state index >= 15 is 0 Å². The second kappa shape index (κ2) is 6.59. The van der Waals surface area contributed by atoms with E-state index in [2.05, 4.69) is 0 Å². The van der Waals surface area contributed by atoms with Crippen LogP contribution in [0.4, 0.5) is 0 Å². The molecule has 1 saturated heterocycles. The molecule has 0 aromatic rings. The molecule has 0 atom stereocenters. The van der Waals surface area contributed by atoms with Gasteiger partial charge in [-0.2, -0.15) is 0 Å². The van der Waals surface area contributed by atoms with Crippen LogP contribution in [0.25, 0.3) is 0 Å². The van der Waals surface area contributed by atoms with Crippen molar-refractivity contribution in [3.8, 4) is 0 Å². The lowest BCUT2D eigenvalue weighted by molar-refractivity contribution is -0.142. The Morgan fingerprint density at radius 2 is 1.88 bits per heavy atom. The first kappa shape index (κ1) is 14.0. The van der Waals surface area contributed by atoms with Gasteiger partial charge >= 0.3 is 0 Å². The largest absolute Gasteiger partial charge is 0.369 e. The van der Waals surface area contributed by atoms with Crippen LogP contribution in [0.1, 0.15) is 26.7 Å². The predicted octanol–water partition coefficient (Wildman–Crippen LogP) is 0.492. The molecule has 5 nitrogen and oxygen atoms in total. The Morgan fingerprint density at radius 3 is 2.41 bits per heavy atom. The summed E-state index contributed by atoms with van der Waals surface area (Å²) >= 11 is 0. The molecule has 0 aliphatic carbocycles. The SMILES string of the molecule is CC(C)OCC(=O)N(C)CC(=O)N1CCCC1. The van der Waals surface area contributed by atoms with Gasteiger partial charge in [0.1, 0.15) is 6.61 Å². The quantitative estimate of drug-likeness (QED) is 0.705. The number of hydrogen-bond acceptors (Lipinski definition) is 3. The van der Waals surface area contributed by atoms with Crippen molar-refractivity contribution in [1.29, 1.82) is 0 Å². The van der Waals surface area contributed by atoms with E-state index in [1.54, 1.807) is 7.05 Å². The smallest absolute Gasteiger partial charge is 0.248 e. The Balaban J connectivity index is 2.29. The molecule has 0 saturated carbocycles. The zero-order valence-electron chi connectivity index (χ0n) is 10.9. The van der Waals surface area contributed by atoms with Gasteiger partial charge in [0.15, 0.2) is 0 Å². The average Bonchev–Trinajstić information content (AvgIpc) is 2.78. The van der Waals surface area contributed by atoms with Crippen molar-refractivity contribution in [3.63, 3.8) is 0 Å². The minimum absolute atomic E-state index is 0.0293. The van der Waals surface area contributed by atoms with Gasteiger partial charge in [-0.25, -0.2) is 0 Å². The maximum absolute atomic E-state index is 11.8. The van der Waals surface area contributed by atoms with Crippen LogP contribution < -0.4 is 0 Å². The van der Waals surface area contributed by atoms with Crippen LogP contribution in [0, 0.1) is 0 Å². The fourth-order valence-electron chi connectivity index (χ4n) is 1.71. The number of amides is 2. The Kier molecular flexibility index (Phi) is 5.41. The molecular formula is C12H22N2O3. The van der Waals surface area contributed by atoms with Gasteiger partial charge in [-0.15, -0.1) is 0 Å². The summed E-state index contributed by atoms with van der Waals surface area (Å²) in [6, 6.07) is 0. The number of hydrogen-bond donors (Lipinski definition) is 0. The number of ether oxygens (including phenoxy) is 1. The van der Waals surface area contributed by atoms with E-state index in [1.807, 2.05) is 18.7 Å². The molecule has 2 amide bonds. The number of nitrogens with zero attached hydrogens (tertiary/aromatic N) is 2. The number of likely N-dealkylation sites (N-methyl/N-ethyl adjacent to an activating group) is 1. The van der Waals surface area contributed by atoms with E-state index in [1.165, 1.54) is 4.90 Å². The van der Waals surface area contributed by atoms with E-state index in [9.17, 15) is 9.59 Å². The molecule has 98 valence electrons. The van der Waals surface area contributed by atoms with E-state index in [4.69, 9.17) is 4.74 Å². The van der Waals surface area contributed by atoms with Gasteiger partial charge in [0.2, 0.25) is 11.8 Å². The minimum atomic E-state index is -0.147. The Morgan fingerprint density at radius 1 is 1.29 bits per heavy atom. The van der Waals surface area contributed by atoms with Gasteiger partial charge in [0.25, 0.3) is 0 Å². The van der Waals surface area contributed by atoms with Crippen LogP contribution >= 0.6 is 0 Å². The highest BCUT2D eigenvalue weighted by molar-refractivity contribution is 5.85. The molecule has 5 heteroatoms. The zero-order valence-corrected chi connectivity index (χ0v) is 10.9. The third-order valence-corrected chi connectivity index (χ3v) is 2.80. The molecule has 1 rings (SSSR count). The van der Waals surface area contributed by atoms with E-state index < -0.39 is 0 Å². The number of carbonyl (C=O) groups excluding carboxylic acids is 2. The van der Waals surface area contributed by atoms with Crippen LogP contribution in [-0.2, 0) is 14.3 Å². The first-order valence-electron chi connectivity index (χ1n) is 6.14. The molecule has 1 aliphatic heterocycles. The summed E-state index contributed by atoms with van der Waals surface area (Å²) in [5, 5.41) is 0. The summed E-state index contributed by atoms with van der Waals surface area (Å²) in [5.41, 5.74) is 0. The van der Waals surface area contributed by atoms with E-state index in [-0.39, 0.29) is 31.1 Å². The van der Waals surface area contributed by atoms with Crippen molar-refractivity contribution in [2.45, 2.75) is 32.8 Å². The summed E-state index contributed by atoms with van der Waals surface area (Å²) in [6.07, 6.45) is 2.17. The minimum Gasteiger partial charge on any atom is -0.369 e. The monoisotopic (exact) mass is 242 g/mol. The third kappa shape index (κ3) is 4.73. The summed E-state index contributed by atoms with van der Waals surface area (Å²) in [4.78, 5) is 26.7. The molecule has 0 bridgehead atoms. The summed E-state index contributed by atoms with van der Waals surface area (Å²) in [7, 11) is 1.64. The number of likely N-dealkylation sites (tertiary alicyclic amines) is 1. The van der Waals surface area contributed by atoms with E-state index in [0.29, 0.717) is 0 Å². The van der Waals surface area contributed by atoms with Crippen LogP contribution in [0.15, 0.2) is 0 Å². The number of rotatable bonds is 5. The maximum atomic E-state index is 11.8. The molecule has 0 N–H and O–H groups in total.